The van der Waals surface area contributed by atoms with Crippen LogP contribution in [0, 0.1) is 12.9 Å². The van der Waals surface area contributed by atoms with Gasteiger partial charge in [-0.25, -0.2) is 4.98 Å². The maximum Gasteiger partial charge on any atom is 0.422 e. The van der Waals surface area contributed by atoms with Crippen molar-refractivity contribution in [2.75, 3.05) is 0 Å². The highest BCUT2D eigenvalue weighted by Gasteiger charge is 2.39. The topological polar surface area (TPSA) is 45.8 Å². The fourth-order valence-electron chi connectivity index (χ4n) is 3.47. The van der Waals surface area contributed by atoms with E-state index in [1.165, 1.54) is 13.0 Å². The molecule has 4 aromatic rings. The number of hydrogen-bond donors (Lipinski definition) is 1. The molecule has 0 amide bonds. The minimum absolute atomic E-state index is 0.142. The predicted octanol–water partition coefficient (Wildman–Crippen LogP) is 6.23. The van der Waals surface area contributed by atoms with Crippen LogP contribution in [0.5, 0.6) is 0 Å². The number of halogens is 4. The van der Waals surface area contributed by atoms with Crippen LogP contribution >= 0.6 is 0 Å². The van der Waals surface area contributed by atoms with E-state index < -0.39 is 28.6 Å². The molecule has 0 aliphatic heterocycles. The van der Waals surface area contributed by atoms with Crippen molar-refractivity contribution in [2.45, 2.75) is 13.1 Å². The molecule has 0 fully saturated rings. The van der Waals surface area contributed by atoms with Gasteiger partial charge in [0.25, 0.3) is 0 Å². The third-order valence-electron chi connectivity index (χ3n) is 4.91. The molecule has 0 aliphatic carbocycles. The second-order valence-corrected chi connectivity index (χ2v) is 6.98. The maximum atomic E-state index is 14.5. The number of aryl methyl sites for hydroxylation is 1. The summed E-state index contributed by atoms with van der Waals surface area (Å²) in [5.74, 6) is -1.68. The number of aromatic nitrogens is 2. The lowest BCUT2D eigenvalue weighted by Crippen LogP contribution is -2.18. The molecule has 2 heterocycles. The Bertz CT molecular complexity index is 1340. The van der Waals surface area contributed by atoms with Gasteiger partial charge in [0.2, 0.25) is 5.95 Å². The molecule has 0 radical (unpaired) electrons. The second-order valence-electron chi connectivity index (χ2n) is 6.98. The molecular weight excluding hydrogens is 408 g/mol. The zero-order chi connectivity index (χ0) is 22.2. The van der Waals surface area contributed by atoms with Crippen molar-refractivity contribution in [3.05, 3.63) is 99.2 Å². The van der Waals surface area contributed by atoms with Gasteiger partial charge in [-0.2, -0.15) is 17.6 Å². The molecule has 0 saturated heterocycles. The molecule has 3 nitrogen and oxygen atoms in total. The summed E-state index contributed by atoms with van der Waals surface area (Å²) in [7, 11) is 0. The average Bonchev–Trinajstić information content (AvgIpc) is 2.73. The number of fused-ring (bicyclic) bond motifs is 1. The summed E-state index contributed by atoms with van der Waals surface area (Å²) in [5, 5.41) is -0.307. The van der Waals surface area contributed by atoms with Gasteiger partial charge >= 0.3 is 6.18 Å². The van der Waals surface area contributed by atoms with E-state index in [1.54, 1.807) is 36.4 Å². The minimum Gasteiger partial charge on any atom is -0.357 e. The lowest BCUT2D eigenvalue weighted by Gasteiger charge is -2.15. The van der Waals surface area contributed by atoms with Gasteiger partial charge in [-0.05, 0) is 18.6 Å². The molecular formula is C24H16F4N2O. The molecule has 0 spiro atoms. The van der Waals surface area contributed by atoms with E-state index >= 15 is 0 Å². The molecule has 4 rings (SSSR count). The Hall–Kier alpha value is -3.74. The van der Waals surface area contributed by atoms with Gasteiger partial charge in [0, 0.05) is 16.8 Å². The van der Waals surface area contributed by atoms with Crippen LogP contribution in [0.4, 0.5) is 17.6 Å². The Kier molecular flexibility index (Phi) is 5.19. The minimum atomic E-state index is -5.03. The second kappa shape index (κ2) is 7.83. The van der Waals surface area contributed by atoms with Crippen molar-refractivity contribution in [3.8, 4) is 11.3 Å². The SMILES string of the molecule is Cc1[nH]c2c(C(F)(F)F)c(F)nc(-c3ccccc3)c2c(=O)c1/C=C/c1ccccc1. The number of alkyl halides is 3. The molecule has 2 aromatic heterocycles. The molecule has 0 aliphatic rings. The molecule has 0 atom stereocenters. The highest BCUT2D eigenvalue weighted by atomic mass is 19.4. The van der Waals surface area contributed by atoms with E-state index in [0.29, 0.717) is 5.56 Å². The van der Waals surface area contributed by atoms with Crippen LogP contribution in [-0.4, -0.2) is 9.97 Å². The number of nitrogens with one attached hydrogen (secondary N) is 1. The van der Waals surface area contributed by atoms with Crippen LogP contribution < -0.4 is 5.43 Å². The normalized spacial score (nSPS) is 12.0. The molecule has 0 unspecified atom stereocenters. The van der Waals surface area contributed by atoms with Gasteiger partial charge in [0.15, 0.2) is 5.43 Å². The summed E-state index contributed by atoms with van der Waals surface area (Å²) in [4.78, 5) is 19.5. The van der Waals surface area contributed by atoms with Crippen molar-refractivity contribution in [1.82, 2.24) is 9.97 Å². The highest BCUT2D eigenvalue weighted by Crippen LogP contribution is 2.38. The van der Waals surface area contributed by atoms with Gasteiger partial charge in [-0.15, -0.1) is 0 Å². The molecule has 1 N–H and O–H groups in total. The molecule has 156 valence electrons. The molecule has 2 aromatic carbocycles. The Morgan fingerprint density at radius 3 is 2.16 bits per heavy atom. The summed E-state index contributed by atoms with van der Waals surface area (Å²) in [6, 6.07) is 17.3. The molecule has 7 heteroatoms. The largest absolute Gasteiger partial charge is 0.422 e. The number of nitrogens with zero attached hydrogens (tertiary/aromatic N) is 1. The van der Waals surface area contributed by atoms with E-state index in [-0.39, 0.29) is 22.3 Å². The lowest BCUT2D eigenvalue weighted by molar-refractivity contribution is -0.139. The predicted molar refractivity (Wildman–Crippen MR) is 113 cm³/mol. The third-order valence-corrected chi connectivity index (χ3v) is 4.91. The standard InChI is InChI=1S/C24H16F4N2O/c1-14-17(13-12-15-8-4-2-5-9-15)22(31)18-20(16-10-6-3-7-11-16)30-23(25)19(21(18)29-14)24(26,27)28/h2-13H,1H3,(H,29,31)/b13-12+. The van der Waals surface area contributed by atoms with Crippen LogP contribution in [0.25, 0.3) is 34.3 Å². The molecule has 31 heavy (non-hydrogen) atoms. The Morgan fingerprint density at radius 1 is 0.935 bits per heavy atom. The van der Waals surface area contributed by atoms with Crippen molar-refractivity contribution >= 4 is 23.1 Å². The van der Waals surface area contributed by atoms with E-state index in [0.717, 1.165) is 5.56 Å². The van der Waals surface area contributed by atoms with Gasteiger partial charge in [0.1, 0.15) is 5.56 Å². The van der Waals surface area contributed by atoms with Crippen LogP contribution in [0.2, 0.25) is 0 Å². The first kappa shape index (κ1) is 20.5. The zero-order valence-electron chi connectivity index (χ0n) is 16.3. The zero-order valence-corrected chi connectivity index (χ0v) is 16.3. The lowest BCUT2D eigenvalue weighted by atomic mass is 10.00. The monoisotopic (exact) mass is 424 g/mol. The highest BCUT2D eigenvalue weighted by molar-refractivity contribution is 5.96. The summed E-state index contributed by atoms with van der Waals surface area (Å²) in [6.45, 7) is 1.48. The first-order valence-corrected chi connectivity index (χ1v) is 9.39. The number of hydrogen-bond acceptors (Lipinski definition) is 2. The fraction of sp³-hybridized carbons (Fsp3) is 0.0833. The van der Waals surface area contributed by atoms with Crippen LogP contribution in [0.3, 0.4) is 0 Å². The number of aromatic amines is 1. The Morgan fingerprint density at radius 2 is 1.55 bits per heavy atom. The molecule has 0 bridgehead atoms. The van der Waals surface area contributed by atoms with Crippen LogP contribution in [0.15, 0.2) is 65.5 Å². The maximum absolute atomic E-state index is 14.5. The quantitative estimate of drug-likeness (QED) is 0.313. The number of rotatable bonds is 3. The van der Waals surface area contributed by atoms with Crippen molar-refractivity contribution in [1.29, 1.82) is 0 Å². The van der Waals surface area contributed by atoms with Gasteiger partial charge in [-0.3, -0.25) is 4.79 Å². The van der Waals surface area contributed by atoms with Crippen molar-refractivity contribution < 1.29 is 17.6 Å². The number of benzene rings is 2. The Labute approximate surface area is 174 Å². The number of H-pyrrole nitrogens is 1. The van der Waals surface area contributed by atoms with E-state index in [4.69, 9.17) is 0 Å². The van der Waals surface area contributed by atoms with Crippen LogP contribution in [-0.2, 0) is 6.18 Å². The summed E-state index contributed by atoms with van der Waals surface area (Å²) >= 11 is 0. The van der Waals surface area contributed by atoms with Gasteiger partial charge in [0.05, 0.1) is 16.6 Å². The number of pyridine rings is 2. The fourth-order valence-corrected chi connectivity index (χ4v) is 3.47. The third kappa shape index (κ3) is 3.86. The van der Waals surface area contributed by atoms with Crippen molar-refractivity contribution in [2.24, 2.45) is 0 Å². The van der Waals surface area contributed by atoms with E-state index in [2.05, 4.69) is 9.97 Å². The Balaban J connectivity index is 2.07. The summed E-state index contributed by atoms with van der Waals surface area (Å²) < 4.78 is 55.4. The average molecular weight is 424 g/mol. The van der Waals surface area contributed by atoms with Crippen molar-refractivity contribution in [3.63, 3.8) is 0 Å². The van der Waals surface area contributed by atoms with E-state index in [1.807, 2.05) is 30.3 Å². The smallest absolute Gasteiger partial charge is 0.357 e. The summed E-state index contributed by atoms with van der Waals surface area (Å²) in [6.07, 6.45) is -1.80. The summed E-state index contributed by atoms with van der Waals surface area (Å²) in [5.41, 5.74) is -1.47. The van der Waals surface area contributed by atoms with Gasteiger partial charge < -0.3 is 4.98 Å². The van der Waals surface area contributed by atoms with Gasteiger partial charge in [-0.1, -0.05) is 66.7 Å². The van der Waals surface area contributed by atoms with Crippen LogP contribution in [0.1, 0.15) is 22.4 Å². The first-order chi connectivity index (χ1) is 14.8. The first-order valence-electron chi connectivity index (χ1n) is 9.39. The molecule has 0 saturated carbocycles. The van der Waals surface area contributed by atoms with E-state index in [9.17, 15) is 22.4 Å².